The van der Waals surface area contributed by atoms with Crippen molar-refractivity contribution in [2.75, 3.05) is 32.7 Å². The third-order valence-electron chi connectivity index (χ3n) is 6.38. The second kappa shape index (κ2) is 7.24. The predicted molar refractivity (Wildman–Crippen MR) is 95.5 cm³/mol. The summed E-state index contributed by atoms with van der Waals surface area (Å²) >= 11 is 0. The largest absolute Gasteiger partial charge is 0.338 e. The first-order valence-corrected chi connectivity index (χ1v) is 9.71. The van der Waals surface area contributed by atoms with Crippen molar-refractivity contribution in [1.29, 1.82) is 0 Å². The van der Waals surface area contributed by atoms with Crippen LogP contribution in [0, 0.1) is 17.0 Å². The number of hydrogen-bond donors (Lipinski definition) is 1. The summed E-state index contributed by atoms with van der Waals surface area (Å²) in [6, 6.07) is 4.19. The molecule has 4 rings (SSSR count). The number of carbonyl (C=O) groups is 1. The standard InChI is InChI=1S/C20H27F2N3O/c21-16-9-15(10-17(22)11-16)13-25-14-20(12-19(25)26)3-7-24(8-4-20)18-1-5-23-6-2-18/h9-11,18,23H,1-8,12-14H2. The van der Waals surface area contributed by atoms with Crippen molar-refractivity contribution in [2.45, 2.75) is 44.7 Å². The number of rotatable bonds is 3. The first-order valence-electron chi connectivity index (χ1n) is 9.71. The van der Waals surface area contributed by atoms with Crippen LogP contribution in [0.1, 0.15) is 37.7 Å². The minimum absolute atomic E-state index is 0.0480. The maximum Gasteiger partial charge on any atom is 0.223 e. The zero-order valence-corrected chi connectivity index (χ0v) is 15.1. The van der Waals surface area contributed by atoms with E-state index in [1.807, 2.05) is 0 Å². The van der Waals surface area contributed by atoms with Gasteiger partial charge in [-0.2, -0.15) is 0 Å². The topological polar surface area (TPSA) is 35.6 Å². The molecule has 0 unspecified atom stereocenters. The van der Waals surface area contributed by atoms with Gasteiger partial charge in [-0.25, -0.2) is 8.78 Å². The summed E-state index contributed by atoms with van der Waals surface area (Å²) in [4.78, 5) is 16.9. The number of carbonyl (C=O) groups excluding carboxylic acids is 1. The van der Waals surface area contributed by atoms with Crippen molar-refractivity contribution < 1.29 is 13.6 Å². The summed E-state index contributed by atoms with van der Waals surface area (Å²) < 4.78 is 26.8. The van der Waals surface area contributed by atoms with Gasteiger partial charge < -0.3 is 15.1 Å². The van der Waals surface area contributed by atoms with Crippen LogP contribution in [0.25, 0.3) is 0 Å². The molecule has 1 aromatic carbocycles. The van der Waals surface area contributed by atoms with Crippen LogP contribution in [0.5, 0.6) is 0 Å². The first-order chi connectivity index (χ1) is 12.5. The molecule has 3 aliphatic heterocycles. The smallest absolute Gasteiger partial charge is 0.223 e. The number of hydrogen-bond acceptors (Lipinski definition) is 3. The number of nitrogens with zero attached hydrogens (tertiary/aromatic N) is 2. The highest BCUT2D eigenvalue weighted by atomic mass is 19.1. The summed E-state index contributed by atoms with van der Waals surface area (Å²) in [5.41, 5.74) is 0.576. The van der Waals surface area contributed by atoms with E-state index in [-0.39, 0.29) is 11.3 Å². The van der Waals surface area contributed by atoms with Gasteiger partial charge in [0.25, 0.3) is 0 Å². The molecule has 1 amide bonds. The van der Waals surface area contributed by atoms with Gasteiger partial charge in [0.15, 0.2) is 0 Å². The molecule has 3 saturated heterocycles. The molecule has 0 radical (unpaired) electrons. The Morgan fingerprint density at radius 1 is 1.08 bits per heavy atom. The number of likely N-dealkylation sites (tertiary alicyclic amines) is 2. The summed E-state index contributed by atoms with van der Waals surface area (Å²) in [7, 11) is 0. The molecule has 1 spiro atoms. The fourth-order valence-corrected chi connectivity index (χ4v) is 4.92. The Bertz CT molecular complexity index is 647. The molecule has 26 heavy (non-hydrogen) atoms. The van der Waals surface area contributed by atoms with Gasteiger partial charge >= 0.3 is 0 Å². The second-order valence-electron chi connectivity index (χ2n) is 8.22. The molecule has 1 aromatic rings. The Hall–Kier alpha value is -1.53. The van der Waals surface area contributed by atoms with Crippen LogP contribution >= 0.6 is 0 Å². The highest BCUT2D eigenvalue weighted by Gasteiger charge is 2.45. The lowest BCUT2D eigenvalue weighted by atomic mass is 9.77. The maximum absolute atomic E-state index is 13.4. The van der Waals surface area contributed by atoms with Crippen molar-refractivity contribution in [3.8, 4) is 0 Å². The Kier molecular flexibility index (Phi) is 4.97. The van der Waals surface area contributed by atoms with Crippen molar-refractivity contribution in [3.05, 3.63) is 35.4 Å². The van der Waals surface area contributed by atoms with E-state index < -0.39 is 11.6 Å². The molecule has 0 aromatic heterocycles. The molecule has 3 heterocycles. The van der Waals surface area contributed by atoms with Gasteiger partial charge in [-0.1, -0.05) is 0 Å². The van der Waals surface area contributed by atoms with Crippen LogP contribution in [0.3, 0.4) is 0 Å². The van der Waals surface area contributed by atoms with Crippen molar-refractivity contribution in [2.24, 2.45) is 5.41 Å². The molecule has 1 N–H and O–H groups in total. The number of nitrogens with one attached hydrogen (secondary N) is 1. The lowest BCUT2D eigenvalue weighted by Crippen LogP contribution is -2.49. The van der Waals surface area contributed by atoms with Gasteiger partial charge in [-0.15, -0.1) is 0 Å². The Morgan fingerprint density at radius 3 is 2.38 bits per heavy atom. The Labute approximate surface area is 153 Å². The molecular weight excluding hydrogens is 336 g/mol. The molecule has 3 fully saturated rings. The maximum atomic E-state index is 13.4. The number of halogens is 2. The van der Waals surface area contributed by atoms with E-state index in [1.54, 1.807) is 4.90 Å². The summed E-state index contributed by atoms with van der Waals surface area (Å²) in [6.07, 6.45) is 5.07. The average Bonchev–Trinajstić information content (AvgIpc) is 2.90. The van der Waals surface area contributed by atoms with E-state index in [9.17, 15) is 13.6 Å². The molecule has 3 aliphatic rings. The van der Waals surface area contributed by atoms with Crippen molar-refractivity contribution in [1.82, 2.24) is 15.1 Å². The third kappa shape index (κ3) is 3.76. The molecule has 0 bridgehead atoms. The highest BCUT2D eigenvalue weighted by molar-refractivity contribution is 5.79. The SMILES string of the molecule is O=C1CC2(CCN(C3CCNCC3)CC2)CN1Cc1cc(F)cc(F)c1. The number of benzene rings is 1. The van der Waals surface area contributed by atoms with Crippen LogP contribution < -0.4 is 5.32 Å². The van der Waals surface area contributed by atoms with E-state index in [0.29, 0.717) is 31.1 Å². The Morgan fingerprint density at radius 2 is 1.73 bits per heavy atom. The molecule has 4 nitrogen and oxygen atoms in total. The minimum Gasteiger partial charge on any atom is -0.338 e. The molecule has 6 heteroatoms. The van der Waals surface area contributed by atoms with Gasteiger partial charge in [0, 0.05) is 31.6 Å². The van der Waals surface area contributed by atoms with Crippen LogP contribution in [0.15, 0.2) is 18.2 Å². The van der Waals surface area contributed by atoms with Gasteiger partial charge in [0.05, 0.1) is 0 Å². The van der Waals surface area contributed by atoms with E-state index >= 15 is 0 Å². The lowest BCUT2D eigenvalue weighted by molar-refractivity contribution is -0.128. The van der Waals surface area contributed by atoms with E-state index in [1.165, 1.54) is 25.0 Å². The molecule has 0 atom stereocenters. The fourth-order valence-electron chi connectivity index (χ4n) is 4.92. The van der Waals surface area contributed by atoms with Crippen LogP contribution in [0.2, 0.25) is 0 Å². The lowest BCUT2D eigenvalue weighted by Gasteiger charge is -2.43. The van der Waals surface area contributed by atoms with Crippen molar-refractivity contribution >= 4 is 5.91 Å². The van der Waals surface area contributed by atoms with Gasteiger partial charge in [-0.3, -0.25) is 4.79 Å². The van der Waals surface area contributed by atoms with Gasteiger partial charge in [0.2, 0.25) is 5.91 Å². The summed E-state index contributed by atoms with van der Waals surface area (Å²) in [5.74, 6) is -1.06. The van der Waals surface area contributed by atoms with E-state index in [2.05, 4.69) is 10.2 Å². The molecule has 0 aliphatic carbocycles. The molecule has 0 saturated carbocycles. The first kappa shape index (κ1) is 17.9. The monoisotopic (exact) mass is 363 g/mol. The minimum atomic E-state index is -0.586. The van der Waals surface area contributed by atoms with Crippen LogP contribution in [-0.4, -0.2) is 54.5 Å². The average molecular weight is 363 g/mol. The third-order valence-corrected chi connectivity index (χ3v) is 6.38. The Balaban J connectivity index is 1.37. The fraction of sp³-hybridized carbons (Fsp3) is 0.650. The van der Waals surface area contributed by atoms with Crippen LogP contribution in [-0.2, 0) is 11.3 Å². The predicted octanol–water partition coefficient (Wildman–Crippen LogP) is 2.53. The summed E-state index contributed by atoms with van der Waals surface area (Å²) in [6.45, 7) is 5.32. The number of amides is 1. The highest BCUT2D eigenvalue weighted by Crippen LogP contribution is 2.42. The van der Waals surface area contributed by atoms with E-state index in [0.717, 1.165) is 45.1 Å². The normalized spacial score (nSPS) is 24.5. The second-order valence-corrected chi connectivity index (χ2v) is 8.22. The summed E-state index contributed by atoms with van der Waals surface area (Å²) in [5, 5.41) is 3.41. The zero-order valence-electron chi connectivity index (χ0n) is 15.1. The van der Waals surface area contributed by atoms with E-state index in [4.69, 9.17) is 0 Å². The zero-order chi connectivity index (χ0) is 18.1. The van der Waals surface area contributed by atoms with Crippen LogP contribution in [0.4, 0.5) is 8.78 Å². The van der Waals surface area contributed by atoms with Gasteiger partial charge in [0.1, 0.15) is 11.6 Å². The quantitative estimate of drug-likeness (QED) is 0.896. The van der Waals surface area contributed by atoms with Crippen molar-refractivity contribution in [3.63, 3.8) is 0 Å². The molecular formula is C20H27F2N3O. The molecule has 142 valence electrons. The van der Waals surface area contributed by atoms with Gasteiger partial charge in [-0.05, 0) is 75.0 Å². The number of piperidine rings is 2.